The number of hydrogen-bond donors (Lipinski definition) is 2. The molecule has 0 aliphatic carbocycles. The van der Waals surface area contributed by atoms with Crippen LogP contribution in [0.15, 0.2) is 18.3 Å². The van der Waals surface area contributed by atoms with E-state index in [-0.39, 0.29) is 12.6 Å². The van der Waals surface area contributed by atoms with E-state index < -0.39 is 11.9 Å². The highest BCUT2D eigenvalue weighted by Gasteiger charge is 2.24. The lowest BCUT2D eigenvalue weighted by Crippen LogP contribution is -2.33. The van der Waals surface area contributed by atoms with E-state index >= 15 is 0 Å². The molecule has 1 aromatic heterocycles. The zero-order chi connectivity index (χ0) is 13.0. The summed E-state index contributed by atoms with van der Waals surface area (Å²) in [4.78, 5) is 6.06. The summed E-state index contributed by atoms with van der Waals surface area (Å²) in [5.74, 6) is -0.397. The van der Waals surface area contributed by atoms with Crippen LogP contribution in [0.4, 0.5) is 4.39 Å². The van der Waals surface area contributed by atoms with E-state index in [9.17, 15) is 14.6 Å². The topological polar surface area (TPSA) is 56.6 Å². The summed E-state index contributed by atoms with van der Waals surface area (Å²) < 4.78 is 12.7. The Kier molecular flexibility index (Phi) is 4.63. The Hall–Kier alpha value is -1.04. The normalized spacial score (nSPS) is 22.3. The maximum absolute atomic E-state index is 12.7. The fraction of sp³-hybridized carbons (Fsp3) is 0.615. The Balaban J connectivity index is 1.84. The molecule has 2 unspecified atom stereocenters. The molecule has 0 aromatic carbocycles. The average Bonchev–Trinajstić information content (AvgIpc) is 2.84. The molecular formula is C13H19FN2O2. The monoisotopic (exact) mass is 254 g/mol. The van der Waals surface area contributed by atoms with Gasteiger partial charge in [0.2, 0.25) is 0 Å². The third-order valence-electron chi connectivity index (χ3n) is 3.49. The molecule has 0 bridgehead atoms. The van der Waals surface area contributed by atoms with Gasteiger partial charge in [0, 0.05) is 12.6 Å². The van der Waals surface area contributed by atoms with Crippen molar-refractivity contribution in [3.8, 4) is 0 Å². The first-order valence-corrected chi connectivity index (χ1v) is 6.35. The fourth-order valence-corrected chi connectivity index (χ4v) is 2.42. The predicted molar refractivity (Wildman–Crippen MR) is 65.5 cm³/mol. The zero-order valence-corrected chi connectivity index (χ0v) is 10.3. The maximum atomic E-state index is 12.7. The minimum absolute atomic E-state index is 0.172. The van der Waals surface area contributed by atoms with Crippen LogP contribution in [-0.2, 0) is 0 Å². The van der Waals surface area contributed by atoms with E-state index in [1.807, 2.05) is 0 Å². The number of aromatic nitrogens is 1. The Morgan fingerprint density at radius 3 is 3.00 bits per heavy atom. The number of nitrogens with zero attached hydrogens (tertiary/aromatic N) is 2. The molecule has 1 saturated heterocycles. The molecule has 0 radical (unpaired) electrons. The predicted octanol–water partition coefficient (Wildman–Crippen LogP) is 1.10. The molecule has 5 heteroatoms. The molecule has 4 nitrogen and oxygen atoms in total. The van der Waals surface area contributed by atoms with Crippen LogP contribution in [0.1, 0.15) is 31.1 Å². The quantitative estimate of drug-likeness (QED) is 0.826. The lowest BCUT2D eigenvalue weighted by atomic mass is 10.1. The summed E-state index contributed by atoms with van der Waals surface area (Å²) in [5, 5.41) is 19.1. The second-order valence-electron chi connectivity index (χ2n) is 4.72. The van der Waals surface area contributed by atoms with Crippen molar-refractivity contribution in [3.05, 3.63) is 29.8 Å². The summed E-state index contributed by atoms with van der Waals surface area (Å²) in [6.07, 6.45) is 3.10. The van der Waals surface area contributed by atoms with Crippen molar-refractivity contribution >= 4 is 0 Å². The van der Waals surface area contributed by atoms with Crippen molar-refractivity contribution < 1.29 is 14.6 Å². The highest BCUT2D eigenvalue weighted by molar-refractivity contribution is 5.08. The first-order valence-electron chi connectivity index (χ1n) is 6.35. The number of aliphatic hydroxyl groups is 2. The number of pyridine rings is 1. The van der Waals surface area contributed by atoms with Gasteiger partial charge in [0.25, 0.3) is 0 Å². The van der Waals surface area contributed by atoms with Crippen LogP contribution >= 0.6 is 0 Å². The molecule has 0 amide bonds. The molecule has 1 aliphatic heterocycles. The van der Waals surface area contributed by atoms with Crippen LogP contribution < -0.4 is 0 Å². The van der Waals surface area contributed by atoms with Crippen LogP contribution in [0.5, 0.6) is 0 Å². The van der Waals surface area contributed by atoms with Gasteiger partial charge < -0.3 is 10.2 Å². The summed E-state index contributed by atoms with van der Waals surface area (Å²) in [5.41, 5.74) is 0.496. The zero-order valence-electron chi connectivity index (χ0n) is 10.3. The largest absolute Gasteiger partial charge is 0.395 e. The third kappa shape index (κ3) is 3.25. The van der Waals surface area contributed by atoms with E-state index in [4.69, 9.17) is 0 Å². The highest BCUT2D eigenvalue weighted by atomic mass is 19.1. The van der Waals surface area contributed by atoms with E-state index in [2.05, 4.69) is 9.88 Å². The Morgan fingerprint density at radius 1 is 1.50 bits per heavy atom. The van der Waals surface area contributed by atoms with E-state index in [1.165, 1.54) is 12.1 Å². The highest BCUT2D eigenvalue weighted by Crippen LogP contribution is 2.20. The molecule has 2 atom stereocenters. The second kappa shape index (κ2) is 6.22. The van der Waals surface area contributed by atoms with Crippen LogP contribution in [-0.4, -0.2) is 45.8 Å². The smallest absolute Gasteiger partial charge is 0.141 e. The fourth-order valence-electron chi connectivity index (χ4n) is 2.42. The van der Waals surface area contributed by atoms with Crippen molar-refractivity contribution in [2.45, 2.75) is 31.4 Å². The van der Waals surface area contributed by atoms with Crippen LogP contribution in [0.3, 0.4) is 0 Å². The SMILES string of the molecule is OCC1CCCN1CCC(O)c1ccc(F)cn1. The van der Waals surface area contributed by atoms with Gasteiger partial charge in [-0.3, -0.25) is 9.88 Å². The van der Waals surface area contributed by atoms with Crippen molar-refractivity contribution in [2.75, 3.05) is 19.7 Å². The number of halogens is 1. The van der Waals surface area contributed by atoms with Gasteiger partial charge in [-0.25, -0.2) is 4.39 Å². The Labute approximate surface area is 106 Å². The van der Waals surface area contributed by atoms with Crippen LogP contribution in [0, 0.1) is 5.82 Å². The van der Waals surface area contributed by atoms with Crippen LogP contribution in [0.2, 0.25) is 0 Å². The molecule has 2 heterocycles. The van der Waals surface area contributed by atoms with Gasteiger partial charge in [-0.2, -0.15) is 0 Å². The van der Waals surface area contributed by atoms with Gasteiger partial charge in [-0.05, 0) is 37.9 Å². The average molecular weight is 254 g/mol. The third-order valence-corrected chi connectivity index (χ3v) is 3.49. The number of likely N-dealkylation sites (tertiary alicyclic amines) is 1. The van der Waals surface area contributed by atoms with Gasteiger partial charge in [0.15, 0.2) is 0 Å². The Bertz CT molecular complexity index is 372. The second-order valence-corrected chi connectivity index (χ2v) is 4.72. The molecule has 0 saturated carbocycles. The van der Waals surface area contributed by atoms with E-state index in [1.54, 1.807) is 0 Å². The minimum atomic E-state index is -0.675. The summed E-state index contributed by atoms with van der Waals surface area (Å²) in [6.45, 7) is 1.87. The maximum Gasteiger partial charge on any atom is 0.141 e. The van der Waals surface area contributed by atoms with Gasteiger partial charge in [-0.15, -0.1) is 0 Å². The lowest BCUT2D eigenvalue weighted by Gasteiger charge is -2.23. The van der Waals surface area contributed by atoms with Crippen molar-refractivity contribution in [1.29, 1.82) is 0 Å². The number of aliphatic hydroxyl groups excluding tert-OH is 2. The first-order chi connectivity index (χ1) is 8.70. The number of hydrogen-bond acceptors (Lipinski definition) is 4. The van der Waals surface area contributed by atoms with Crippen LogP contribution in [0.25, 0.3) is 0 Å². The standard InChI is InChI=1S/C13H19FN2O2/c14-10-3-4-12(15-8-10)13(18)5-7-16-6-1-2-11(16)9-17/h3-4,8,11,13,17-18H,1-2,5-7,9H2. The Morgan fingerprint density at radius 2 is 2.33 bits per heavy atom. The molecule has 1 aromatic rings. The minimum Gasteiger partial charge on any atom is -0.395 e. The molecule has 1 aliphatic rings. The van der Waals surface area contributed by atoms with E-state index in [0.29, 0.717) is 12.1 Å². The summed E-state index contributed by atoms with van der Waals surface area (Å²) >= 11 is 0. The van der Waals surface area contributed by atoms with Gasteiger partial charge in [0.05, 0.1) is 24.6 Å². The van der Waals surface area contributed by atoms with Gasteiger partial charge >= 0.3 is 0 Å². The van der Waals surface area contributed by atoms with Crippen molar-refractivity contribution in [1.82, 2.24) is 9.88 Å². The lowest BCUT2D eigenvalue weighted by molar-refractivity contribution is 0.114. The molecule has 18 heavy (non-hydrogen) atoms. The van der Waals surface area contributed by atoms with Crippen molar-refractivity contribution in [3.63, 3.8) is 0 Å². The van der Waals surface area contributed by atoms with Gasteiger partial charge in [0.1, 0.15) is 5.82 Å². The van der Waals surface area contributed by atoms with Gasteiger partial charge in [-0.1, -0.05) is 0 Å². The molecule has 0 spiro atoms. The summed E-state index contributed by atoms with van der Waals surface area (Å²) in [6, 6.07) is 3.03. The van der Waals surface area contributed by atoms with Crippen molar-refractivity contribution in [2.24, 2.45) is 0 Å². The number of rotatable bonds is 5. The first kappa shape index (κ1) is 13.4. The summed E-state index contributed by atoms with van der Waals surface area (Å²) in [7, 11) is 0. The molecule has 1 fully saturated rings. The molecule has 2 rings (SSSR count). The van der Waals surface area contributed by atoms with E-state index in [0.717, 1.165) is 32.1 Å². The molecule has 100 valence electrons. The molecule has 2 N–H and O–H groups in total. The molecular weight excluding hydrogens is 235 g/mol.